The number of rotatable bonds is 13. The molecule has 226 valence electrons. The van der Waals surface area contributed by atoms with E-state index in [1.54, 1.807) is 38.1 Å². The Labute approximate surface area is 258 Å². The number of hydrazone groups is 1. The van der Waals surface area contributed by atoms with Crippen molar-refractivity contribution in [3.8, 4) is 22.9 Å². The summed E-state index contributed by atoms with van der Waals surface area (Å²) in [5, 5.41) is 4.04. The van der Waals surface area contributed by atoms with Crippen LogP contribution in [-0.4, -0.2) is 42.0 Å². The fourth-order valence-corrected chi connectivity index (χ4v) is 4.60. The predicted octanol–water partition coefficient (Wildman–Crippen LogP) is 6.52. The van der Waals surface area contributed by atoms with Gasteiger partial charge < -0.3 is 27.9 Å². The number of aromatic nitrogens is 1. The van der Waals surface area contributed by atoms with Crippen LogP contribution in [0.4, 0.5) is 0 Å². The minimum Gasteiger partial charge on any atom is -0.490 e. The molecule has 0 radical (unpaired) electrons. The van der Waals surface area contributed by atoms with Crippen molar-refractivity contribution < 1.29 is 33.0 Å². The lowest BCUT2D eigenvalue weighted by molar-refractivity contribution is -0.149. The predicted molar refractivity (Wildman–Crippen MR) is 165 cm³/mol. The summed E-state index contributed by atoms with van der Waals surface area (Å²) >= 11 is 3.46. The number of hydrogen-bond acceptors (Lipinski definition) is 8. The van der Waals surface area contributed by atoms with Gasteiger partial charge in [0.05, 0.1) is 18.9 Å². The van der Waals surface area contributed by atoms with Gasteiger partial charge in [-0.05, 0) is 111 Å². The van der Waals surface area contributed by atoms with Gasteiger partial charge in [-0.3, -0.25) is 4.79 Å². The molecular weight excluding hydrogens is 618 g/mol. The van der Waals surface area contributed by atoms with Gasteiger partial charge in [0.1, 0.15) is 18.1 Å². The Morgan fingerprint density at radius 2 is 1.67 bits per heavy atom. The lowest BCUT2D eigenvalue weighted by atomic mass is 10.2. The average Bonchev–Trinajstić information content (AvgIpc) is 3.58. The Morgan fingerprint density at radius 1 is 0.977 bits per heavy atom. The van der Waals surface area contributed by atoms with Gasteiger partial charge in [0.15, 0.2) is 23.9 Å². The zero-order valence-electron chi connectivity index (χ0n) is 24.7. The Balaban J connectivity index is 1.32. The van der Waals surface area contributed by atoms with Gasteiger partial charge >= 0.3 is 11.9 Å². The number of hydrogen-bond donors (Lipinski definition) is 1. The van der Waals surface area contributed by atoms with Gasteiger partial charge in [-0.25, -0.2) is 10.2 Å². The number of carbonyl (C=O) groups is 2. The van der Waals surface area contributed by atoms with Crippen molar-refractivity contribution in [3.63, 3.8) is 0 Å². The van der Waals surface area contributed by atoms with Gasteiger partial charge in [-0.15, -0.1) is 0 Å². The van der Waals surface area contributed by atoms with E-state index in [1.165, 1.54) is 6.21 Å². The van der Waals surface area contributed by atoms with E-state index < -0.39 is 11.9 Å². The highest BCUT2D eigenvalue weighted by molar-refractivity contribution is 9.10. The SMILES string of the molecule is CCOc1cc(/C=N/NC(=O)c2ccc(COc3ccc(-n4c(C)ccc4C)cc3)o2)c(Br)cc1OCC(=O)OC(C)C. The largest absolute Gasteiger partial charge is 0.490 e. The van der Waals surface area contributed by atoms with Gasteiger partial charge in [-0.2, -0.15) is 5.10 Å². The van der Waals surface area contributed by atoms with Crippen LogP contribution in [0, 0.1) is 13.8 Å². The van der Waals surface area contributed by atoms with E-state index in [2.05, 4.69) is 57.0 Å². The van der Waals surface area contributed by atoms with E-state index in [4.69, 9.17) is 23.4 Å². The van der Waals surface area contributed by atoms with Crippen molar-refractivity contribution in [2.75, 3.05) is 13.2 Å². The molecule has 2 aromatic carbocycles. The average molecular weight is 653 g/mol. The molecule has 11 heteroatoms. The van der Waals surface area contributed by atoms with Gasteiger partial charge in [0, 0.05) is 27.1 Å². The van der Waals surface area contributed by atoms with E-state index >= 15 is 0 Å². The standard InChI is InChI=1S/C32H34BrN3O7/c1-6-39-29-15-23(27(33)16-30(29)41-19-31(37)42-20(2)3)17-34-35-32(38)28-14-13-26(43-28)18-40-25-11-9-24(10-12-25)36-21(4)7-8-22(36)5/h7-17,20H,6,18-19H2,1-5H3,(H,35,38)/b34-17+. The lowest BCUT2D eigenvalue weighted by Crippen LogP contribution is -2.19. The van der Waals surface area contributed by atoms with E-state index in [0.29, 0.717) is 39.7 Å². The first-order chi connectivity index (χ1) is 20.6. The summed E-state index contributed by atoms with van der Waals surface area (Å²) in [6.07, 6.45) is 1.21. The molecule has 0 bridgehead atoms. The minimum atomic E-state index is -0.519. The molecule has 0 aliphatic carbocycles. The zero-order chi connectivity index (χ0) is 30.9. The van der Waals surface area contributed by atoms with Crippen LogP contribution in [-0.2, 0) is 16.1 Å². The topological polar surface area (TPSA) is 114 Å². The van der Waals surface area contributed by atoms with Gasteiger partial charge in [-0.1, -0.05) is 0 Å². The molecule has 2 heterocycles. The maximum Gasteiger partial charge on any atom is 0.344 e. The first kappa shape index (κ1) is 31.4. The Hall–Kier alpha value is -4.51. The lowest BCUT2D eigenvalue weighted by Gasteiger charge is -2.14. The summed E-state index contributed by atoms with van der Waals surface area (Å²) in [5.41, 5.74) is 6.44. The quantitative estimate of drug-likeness (QED) is 0.0994. The van der Waals surface area contributed by atoms with Gasteiger partial charge in [0.25, 0.3) is 0 Å². The van der Waals surface area contributed by atoms with Crippen LogP contribution in [0.25, 0.3) is 5.69 Å². The molecule has 0 aliphatic rings. The second-order valence-electron chi connectivity index (χ2n) is 9.78. The number of amides is 1. The summed E-state index contributed by atoms with van der Waals surface area (Å²) in [4.78, 5) is 24.5. The first-order valence-electron chi connectivity index (χ1n) is 13.7. The van der Waals surface area contributed by atoms with Crippen molar-refractivity contribution in [2.45, 2.75) is 47.3 Å². The molecule has 43 heavy (non-hydrogen) atoms. The number of ether oxygens (including phenoxy) is 4. The maximum absolute atomic E-state index is 12.6. The van der Waals surface area contributed by atoms with Crippen LogP contribution < -0.4 is 19.6 Å². The van der Waals surface area contributed by atoms with Crippen molar-refractivity contribution in [3.05, 3.63) is 93.6 Å². The number of nitrogens with zero attached hydrogens (tertiary/aromatic N) is 2. The molecular formula is C32H34BrN3O7. The number of benzene rings is 2. The third kappa shape index (κ3) is 8.51. The van der Waals surface area contributed by atoms with Crippen LogP contribution in [0.1, 0.15) is 54.0 Å². The number of halogens is 1. The monoisotopic (exact) mass is 651 g/mol. The number of aryl methyl sites for hydroxylation is 2. The van der Waals surface area contributed by atoms with Crippen molar-refractivity contribution in [2.24, 2.45) is 5.10 Å². The highest BCUT2D eigenvalue weighted by Crippen LogP contribution is 2.33. The van der Waals surface area contributed by atoms with Crippen LogP contribution in [0.3, 0.4) is 0 Å². The third-order valence-electron chi connectivity index (χ3n) is 6.08. The Bertz CT molecular complexity index is 1570. The molecule has 0 aliphatic heterocycles. The van der Waals surface area contributed by atoms with E-state index in [1.807, 2.05) is 31.2 Å². The zero-order valence-corrected chi connectivity index (χ0v) is 26.3. The van der Waals surface area contributed by atoms with Crippen LogP contribution >= 0.6 is 15.9 Å². The van der Waals surface area contributed by atoms with Crippen LogP contribution in [0.5, 0.6) is 17.2 Å². The molecule has 2 aromatic heterocycles. The third-order valence-corrected chi connectivity index (χ3v) is 6.76. The summed E-state index contributed by atoms with van der Waals surface area (Å²) < 4.78 is 30.6. The molecule has 0 saturated heterocycles. The molecule has 10 nitrogen and oxygen atoms in total. The smallest absolute Gasteiger partial charge is 0.344 e. The molecule has 0 fully saturated rings. The van der Waals surface area contributed by atoms with Crippen LogP contribution in [0.15, 0.2) is 74.7 Å². The van der Waals surface area contributed by atoms with E-state index in [0.717, 1.165) is 17.1 Å². The van der Waals surface area contributed by atoms with Gasteiger partial charge in [0.2, 0.25) is 0 Å². The summed E-state index contributed by atoms with van der Waals surface area (Å²) in [6.45, 7) is 9.77. The molecule has 0 unspecified atom stereocenters. The highest BCUT2D eigenvalue weighted by atomic mass is 79.9. The molecule has 4 aromatic rings. The molecule has 1 amide bonds. The van der Waals surface area contributed by atoms with Crippen LogP contribution in [0.2, 0.25) is 0 Å². The first-order valence-corrected chi connectivity index (χ1v) is 14.5. The minimum absolute atomic E-state index is 0.0933. The van der Waals surface area contributed by atoms with Crippen molar-refractivity contribution >= 4 is 34.0 Å². The molecule has 0 atom stereocenters. The van der Waals surface area contributed by atoms with E-state index in [9.17, 15) is 9.59 Å². The number of furan rings is 1. The van der Waals surface area contributed by atoms with E-state index in [-0.39, 0.29) is 25.1 Å². The Kier molecular flexibility index (Phi) is 10.7. The second kappa shape index (κ2) is 14.6. The number of carbonyl (C=O) groups excluding carboxylic acids is 2. The summed E-state index contributed by atoms with van der Waals surface area (Å²) in [7, 11) is 0. The van der Waals surface area contributed by atoms with Crippen molar-refractivity contribution in [1.82, 2.24) is 9.99 Å². The molecule has 0 spiro atoms. The summed E-state index contributed by atoms with van der Waals surface area (Å²) in [5.74, 6) is 1.04. The second-order valence-corrected chi connectivity index (χ2v) is 10.6. The fraction of sp³-hybridized carbons (Fsp3) is 0.281. The normalized spacial score (nSPS) is 11.1. The molecule has 0 saturated carbocycles. The maximum atomic E-state index is 12.6. The van der Waals surface area contributed by atoms with Crippen molar-refractivity contribution in [1.29, 1.82) is 0 Å². The number of esters is 1. The molecule has 1 N–H and O–H groups in total. The summed E-state index contributed by atoms with van der Waals surface area (Å²) in [6, 6.07) is 18.5. The number of nitrogens with one attached hydrogen (secondary N) is 1. The fourth-order valence-electron chi connectivity index (χ4n) is 4.18. The highest BCUT2D eigenvalue weighted by Gasteiger charge is 2.15. The Morgan fingerprint density at radius 3 is 2.35 bits per heavy atom. The molecule has 4 rings (SSSR count).